The summed E-state index contributed by atoms with van der Waals surface area (Å²) in [7, 11) is 3.51. The van der Waals surface area contributed by atoms with Gasteiger partial charge in [0, 0.05) is 25.7 Å². The molecule has 0 radical (unpaired) electrons. The van der Waals surface area contributed by atoms with Gasteiger partial charge in [-0.15, -0.1) is 0 Å². The summed E-state index contributed by atoms with van der Waals surface area (Å²) in [4.78, 5) is 13.6. The van der Waals surface area contributed by atoms with Gasteiger partial charge in [0.15, 0.2) is 0 Å². The van der Waals surface area contributed by atoms with E-state index < -0.39 is 0 Å². The van der Waals surface area contributed by atoms with Crippen molar-refractivity contribution in [2.45, 2.75) is 39.2 Å². The molecule has 1 unspecified atom stereocenters. The van der Waals surface area contributed by atoms with Gasteiger partial charge in [-0.25, -0.2) is 0 Å². The summed E-state index contributed by atoms with van der Waals surface area (Å²) in [5.74, 6) is -0.00327. The van der Waals surface area contributed by atoms with Gasteiger partial charge in [0.05, 0.1) is 10.7 Å². The average molecular weight is 295 g/mol. The fourth-order valence-corrected chi connectivity index (χ4v) is 2.98. The third-order valence-electron chi connectivity index (χ3n) is 3.95. The highest BCUT2D eigenvalue weighted by Gasteiger charge is 2.31. The standard InChI is InChI=1S/C16H23ClN2O/c1-16(2)8-7-12(10-16)18-14-9-11(5-6-13(14)17)15(20)19(3)4/h5-6,9,12,18H,7-8,10H2,1-4H3. The summed E-state index contributed by atoms with van der Waals surface area (Å²) in [6, 6.07) is 5.86. The van der Waals surface area contributed by atoms with Crippen molar-refractivity contribution in [1.82, 2.24) is 4.90 Å². The van der Waals surface area contributed by atoms with E-state index in [0.717, 1.165) is 18.5 Å². The Kier molecular flexibility index (Phi) is 4.28. The molecular formula is C16H23ClN2O. The van der Waals surface area contributed by atoms with Crippen LogP contribution in [0.2, 0.25) is 5.02 Å². The van der Waals surface area contributed by atoms with Crippen LogP contribution in [0.1, 0.15) is 43.5 Å². The molecule has 0 aromatic heterocycles. The summed E-state index contributed by atoms with van der Waals surface area (Å²) in [6.07, 6.45) is 3.50. The highest BCUT2D eigenvalue weighted by molar-refractivity contribution is 6.33. The maximum atomic E-state index is 12.0. The van der Waals surface area contributed by atoms with Crippen molar-refractivity contribution in [3.05, 3.63) is 28.8 Å². The Hall–Kier alpha value is -1.22. The number of anilines is 1. The number of nitrogens with zero attached hydrogens (tertiary/aromatic N) is 1. The normalized spacial score (nSPS) is 20.8. The van der Waals surface area contributed by atoms with Crippen LogP contribution in [0.4, 0.5) is 5.69 Å². The van der Waals surface area contributed by atoms with Crippen molar-refractivity contribution < 1.29 is 4.79 Å². The molecule has 4 heteroatoms. The molecule has 1 aromatic carbocycles. The Balaban J connectivity index is 2.15. The van der Waals surface area contributed by atoms with E-state index in [0.29, 0.717) is 22.0 Å². The Morgan fingerprint density at radius 1 is 1.40 bits per heavy atom. The topological polar surface area (TPSA) is 32.3 Å². The van der Waals surface area contributed by atoms with Crippen molar-refractivity contribution in [2.24, 2.45) is 5.41 Å². The van der Waals surface area contributed by atoms with Gasteiger partial charge in [0.2, 0.25) is 0 Å². The number of carbonyl (C=O) groups excluding carboxylic acids is 1. The van der Waals surface area contributed by atoms with E-state index in [-0.39, 0.29) is 5.91 Å². The molecule has 2 rings (SSSR count). The fraction of sp³-hybridized carbons (Fsp3) is 0.562. The summed E-state index contributed by atoms with van der Waals surface area (Å²) in [5, 5.41) is 4.17. The third-order valence-corrected chi connectivity index (χ3v) is 4.28. The SMILES string of the molecule is CN(C)C(=O)c1ccc(Cl)c(NC2CCC(C)(C)C2)c1. The number of hydrogen-bond donors (Lipinski definition) is 1. The molecule has 3 nitrogen and oxygen atoms in total. The molecule has 0 saturated heterocycles. The van der Waals surface area contributed by atoms with Crippen LogP contribution in [-0.4, -0.2) is 30.9 Å². The highest BCUT2D eigenvalue weighted by atomic mass is 35.5. The Morgan fingerprint density at radius 2 is 2.10 bits per heavy atom. The van der Waals surface area contributed by atoms with Crippen LogP contribution in [0.3, 0.4) is 0 Å². The summed E-state index contributed by atoms with van der Waals surface area (Å²) in [5.41, 5.74) is 1.92. The van der Waals surface area contributed by atoms with E-state index in [9.17, 15) is 4.79 Å². The maximum absolute atomic E-state index is 12.0. The number of benzene rings is 1. The number of rotatable bonds is 3. The van der Waals surface area contributed by atoms with E-state index in [1.807, 2.05) is 6.07 Å². The van der Waals surface area contributed by atoms with Gasteiger partial charge in [-0.3, -0.25) is 4.79 Å². The van der Waals surface area contributed by atoms with E-state index in [4.69, 9.17) is 11.6 Å². The van der Waals surface area contributed by atoms with Gasteiger partial charge in [0.25, 0.3) is 5.91 Å². The Bertz CT molecular complexity index is 511. The second-order valence-corrected chi connectivity index (χ2v) is 7.05. The molecule has 1 saturated carbocycles. The smallest absolute Gasteiger partial charge is 0.253 e. The van der Waals surface area contributed by atoms with Crippen molar-refractivity contribution in [3.63, 3.8) is 0 Å². The zero-order valence-corrected chi connectivity index (χ0v) is 13.4. The van der Waals surface area contributed by atoms with Crippen molar-refractivity contribution >= 4 is 23.2 Å². The van der Waals surface area contributed by atoms with Gasteiger partial charge in [0.1, 0.15) is 0 Å². The lowest BCUT2D eigenvalue weighted by molar-refractivity contribution is 0.0827. The predicted octanol–water partition coefficient (Wildman–Crippen LogP) is 4.03. The molecule has 1 N–H and O–H groups in total. The van der Waals surface area contributed by atoms with E-state index in [2.05, 4.69) is 19.2 Å². The molecule has 1 atom stereocenters. The first-order valence-electron chi connectivity index (χ1n) is 7.06. The summed E-state index contributed by atoms with van der Waals surface area (Å²) in [6.45, 7) is 4.59. The molecule has 20 heavy (non-hydrogen) atoms. The number of amides is 1. The maximum Gasteiger partial charge on any atom is 0.253 e. The molecule has 1 fully saturated rings. The van der Waals surface area contributed by atoms with Crippen LogP contribution in [-0.2, 0) is 0 Å². The fourth-order valence-electron chi connectivity index (χ4n) is 2.81. The monoisotopic (exact) mass is 294 g/mol. The van der Waals surface area contributed by atoms with E-state index >= 15 is 0 Å². The Labute approximate surface area is 126 Å². The molecule has 1 aliphatic carbocycles. The minimum Gasteiger partial charge on any atom is -0.381 e. The van der Waals surface area contributed by atoms with E-state index in [1.54, 1.807) is 31.1 Å². The summed E-state index contributed by atoms with van der Waals surface area (Å²) < 4.78 is 0. The van der Waals surface area contributed by atoms with Crippen molar-refractivity contribution in [1.29, 1.82) is 0 Å². The summed E-state index contributed by atoms with van der Waals surface area (Å²) >= 11 is 6.24. The zero-order chi connectivity index (χ0) is 14.9. The van der Waals surface area contributed by atoms with Crippen LogP contribution in [0.25, 0.3) is 0 Å². The van der Waals surface area contributed by atoms with E-state index in [1.165, 1.54) is 6.42 Å². The lowest BCUT2D eigenvalue weighted by Gasteiger charge is -2.20. The molecule has 0 spiro atoms. The highest BCUT2D eigenvalue weighted by Crippen LogP contribution is 2.39. The van der Waals surface area contributed by atoms with Crippen molar-refractivity contribution in [2.75, 3.05) is 19.4 Å². The first-order valence-corrected chi connectivity index (χ1v) is 7.44. The zero-order valence-electron chi connectivity index (χ0n) is 12.7. The van der Waals surface area contributed by atoms with Crippen LogP contribution >= 0.6 is 11.6 Å². The molecule has 1 aliphatic rings. The molecule has 0 bridgehead atoms. The molecule has 0 aliphatic heterocycles. The van der Waals surface area contributed by atoms with Gasteiger partial charge in [-0.05, 0) is 42.9 Å². The number of halogens is 1. The van der Waals surface area contributed by atoms with Gasteiger partial charge in [-0.1, -0.05) is 25.4 Å². The number of carbonyl (C=O) groups is 1. The minimum absolute atomic E-state index is 0.00327. The molecule has 1 aromatic rings. The second kappa shape index (κ2) is 5.65. The van der Waals surface area contributed by atoms with Crippen LogP contribution < -0.4 is 5.32 Å². The third kappa shape index (κ3) is 3.45. The van der Waals surface area contributed by atoms with Gasteiger partial charge in [-0.2, -0.15) is 0 Å². The first-order chi connectivity index (χ1) is 9.28. The molecule has 1 amide bonds. The van der Waals surface area contributed by atoms with Crippen molar-refractivity contribution in [3.8, 4) is 0 Å². The lowest BCUT2D eigenvalue weighted by Crippen LogP contribution is -2.22. The minimum atomic E-state index is -0.00327. The predicted molar refractivity (Wildman–Crippen MR) is 84.5 cm³/mol. The number of nitrogens with one attached hydrogen (secondary N) is 1. The molecule has 0 heterocycles. The average Bonchev–Trinajstić information content (AvgIpc) is 2.70. The molecule has 110 valence electrons. The lowest BCUT2D eigenvalue weighted by atomic mass is 9.92. The number of hydrogen-bond acceptors (Lipinski definition) is 2. The molecular weight excluding hydrogens is 272 g/mol. The quantitative estimate of drug-likeness (QED) is 0.913. The van der Waals surface area contributed by atoms with Crippen LogP contribution in [0.15, 0.2) is 18.2 Å². The largest absolute Gasteiger partial charge is 0.381 e. The van der Waals surface area contributed by atoms with Crippen LogP contribution in [0, 0.1) is 5.41 Å². The second-order valence-electron chi connectivity index (χ2n) is 6.64. The Morgan fingerprint density at radius 3 is 2.65 bits per heavy atom. The first kappa shape index (κ1) is 15.2. The van der Waals surface area contributed by atoms with Crippen LogP contribution in [0.5, 0.6) is 0 Å². The van der Waals surface area contributed by atoms with Gasteiger partial charge < -0.3 is 10.2 Å². The van der Waals surface area contributed by atoms with Gasteiger partial charge >= 0.3 is 0 Å².